The Morgan fingerprint density at radius 1 is 0.967 bits per heavy atom. The van der Waals surface area contributed by atoms with Crippen molar-refractivity contribution in [2.45, 2.75) is 19.4 Å². The number of carbonyl (C=O) groups is 3. The summed E-state index contributed by atoms with van der Waals surface area (Å²) >= 11 is 0. The van der Waals surface area contributed by atoms with Crippen LogP contribution in [-0.2, 0) is 16.0 Å². The first-order valence-corrected chi connectivity index (χ1v) is 9.50. The van der Waals surface area contributed by atoms with Gasteiger partial charge in [0.25, 0.3) is 11.8 Å². The van der Waals surface area contributed by atoms with E-state index in [2.05, 4.69) is 10.6 Å². The predicted molar refractivity (Wildman–Crippen MR) is 111 cm³/mol. The summed E-state index contributed by atoms with van der Waals surface area (Å²) in [5.74, 6) is -1.19. The molecule has 3 rings (SSSR count). The van der Waals surface area contributed by atoms with Gasteiger partial charge in [-0.2, -0.15) is 0 Å². The third kappa shape index (κ3) is 5.81. The molecule has 2 N–H and O–H groups in total. The number of rotatable bonds is 8. The van der Waals surface area contributed by atoms with Gasteiger partial charge >= 0.3 is 5.97 Å². The van der Waals surface area contributed by atoms with Crippen molar-refractivity contribution in [3.63, 3.8) is 0 Å². The van der Waals surface area contributed by atoms with Crippen LogP contribution in [-0.4, -0.2) is 30.4 Å². The summed E-state index contributed by atoms with van der Waals surface area (Å²) < 4.78 is 10.3. The molecule has 2 aromatic carbocycles. The molecule has 1 heterocycles. The minimum absolute atomic E-state index is 0.186. The Hall–Kier alpha value is -3.87. The highest BCUT2D eigenvalue weighted by Crippen LogP contribution is 2.13. The predicted octanol–water partition coefficient (Wildman–Crippen LogP) is 3.44. The standard InChI is InChI=1S/C23H22N2O5/c1-16(21(26)24-14-13-17-6-3-2-4-7-17)30-23(28)18-9-11-19(12-10-18)25-22(27)20-8-5-15-29-20/h2-12,15-16H,13-14H2,1H3,(H,24,26)(H,25,27)/t16-/m1/s1. The fourth-order valence-electron chi connectivity index (χ4n) is 2.69. The third-order valence-corrected chi connectivity index (χ3v) is 4.33. The second-order valence-corrected chi connectivity index (χ2v) is 6.58. The first-order chi connectivity index (χ1) is 14.5. The molecule has 0 bridgehead atoms. The SMILES string of the molecule is C[C@@H](OC(=O)c1ccc(NC(=O)c2ccco2)cc1)C(=O)NCCc1ccccc1. The van der Waals surface area contributed by atoms with E-state index in [0.717, 1.165) is 5.56 Å². The van der Waals surface area contributed by atoms with Gasteiger partial charge in [-0.3, -0.25) is 9.59 Å². The first kappa shape index (κ1) is 20.9. The summed E-state index contributed by atoms with van der Waals surface area (Å²) in [6, 6.07) is 19.1. The van der Waals surface area contributed by atoms with Gasteiger partial charge in [0.05, 0.1) is 11.8 Å². The lowest BCUT2D eigenvalue weighted by molar-refractivity contribution is -0.129. The number of furan rings is 1. The van der Waals surface area contributed by atoms with Crippen LogP contribution in [0.2, 0.25) is 0 Å². The zero-order chi connectivity index (χ0) is 21.3. The van der Waals surface area contributed by atoms with Crippen molar-refractivity contribution in [1.82, 2.24) is 5.32 Å². The monoisotopic (exact) mass is 406 g/mol. The molecule has 0 aliphatic carbocycles. The second-order valence-electron chi connectivity index (χ2n) is 6.58. The lowest BCUT2D eigenvalue weighted by Crippen LogP contribution is -2.36. The van der Waals surface area contributed by atoms with E-state index in [1.165, 1.54) is 25.3 Å². The number of hydrogen-bond donors (Lipinski definition) is 2. The summed E-state index contributed by atoms with van der Waals surface area (Å²) in [5, 5.41) is 5.42. The van der Waals surface area contributed by atoms with Crippen LogP contribution in [0.4, 0.5) is 5.69 Å². The van der Waals surface area contributed by atoms with Crippen molar-refractivity contribution in [3.05, 3.63) is 89.9 Å². The summed E-state index contributed by atoms with van der Waals surface area (Å²) in [6.45, 7) is 1.97. The van der Waals surface area contributed by atoms with Crippen molar-refractivity contribution in [2.75, 3.05) is 11.9 Å². The van der Waals surface area contributed by atoms with Crippen LogP contribution in [0.1, 0.15) is 33.4 Å². The van der Waals surface area contributed by atoms with E-state index in [1.807, 2.05) is 30.3 Å². The second kappa shape index (κ2) is 10.1. The van der Waals surface area contributed by atoms with Crippen molar-refractivity contribution in [3.8, 4) is 0 Å². The zero-order valence-corrected chi connectivity index (χ0v) is 16.5. The zero-order valence-electron chi connectivity index (χ0n) is 16.5. The summed E-state index contributed by atoms with van der Waals surface area (Å²) in [7, 11) is 0. The van der Waals surface area contributed by atoms with Gasteiger partial charge in [0, 0.05) is 12.2 Å². The number of benzene rings is 2. The average molecular weight is 406 g/mol. The molecule has 0 unspecified atom stereocenters. The maximum atomic E-state index is 12.3. The number of carbonyl (C=O) groups excluding carboxylic acids is 3. The fraction of sp³-hybridized carbons (Fsp3) is 0.174. The Morgan fingerprint density at radius 2 is 1.70 bits per heavy atom. The van der Waals surface area contributed by atoms with E-state index in [0.29, 0.717) is 18.7 Å². The van der Waals surface area contributed by atoms with Crippen LogP contribution in [0, 0.1) is 0 Å². The first-order valence-electron chi connectivity index (χ1n) is 9.50. The molecule has 30 heavy (non-hydrogen) atoms. The van der Waals surface area contributed by atoms with Gasteiger partial charge in [0.1, 0.15) is 0 Å². The van der Waals surface area contributed by atoms with Gasteiger partial charge in [0.2, 0.25) is 0 Å². The van der Waals surface area contributed by atoms with E-state index >= 15 is 0 Å². The van der Waals surface area contributed by atoms with Crippen LogP contribution in [0.3, 0.4) is 0 Å². The fourth-order valence-corrected chi connectivity index (χ4v) is 2.69. The molecule has 0 saturated carbocycles. The highest BCUT2D eigenvalue weighted by Gasteiger charge is 2.18. The Bertz CT molecular complexity index is 982. The van der Waals surface area contributed by atoms with Gasteiger partial charge in [-0.05, 0) is 55.3 Å². The number of hydrogen-bond acceptors (Lipinski definition) is 5. The topological polar surface area (TPSA) is 97.6 Å². The molecule has 7 nitrogen and oxygen atoms in total. The molecule has 154 valence electrons. The minimum atomic E-state index is -0.924. The largest absolute Gasteiger partial charge is 0.459 e. The maximum absolute atomic E-state index is 12.3. The van der Waals surface area contributed by atoms with E-state index in [1.54, 1.807) is 24.3 Å². The van der Waals surface area contributed by atoms with Crippen LogP contribution >= 0.6 is 0 Å². The molecular weight excluding hydrogens is 384 g/mol. The van der Waals surface area contributed by atoms with Crippen molar-refractivity contribution in [2.24, 2.45) is 0 Å². The van der Waals surface area contributed by atoms with Crippen molar-refractivity contribution in [1.29, 1.82) is 0 Å². The highest BCUT2D eigenvalue weighted by molar-refractivity contribution is 6.02. The van der Waals surface area contributed by atoms with Crippen molar-refractivity contribution >= 4 is 23.5 Å². The number of ether oxygens (including phenoxy) is 1. The summed E-state index contributed by atoms with van der Waals surface area (Å²) in [5.41, 5.74) is 1.89. The van der Waals surface area contributed by atoms with Crippen molar-refractivity contribution < 1.29 is 23.5 Å². The molecule has 1 atom stereocenters. The highest BCUT2D eigenvalue weighted by atomic mass is 16.5. The molecule has 0 aliphatic heterocycles. The van der Waals surface area contributed by atoms with Gasteiger partial charge in [-0.1, -0.05) is 30.3 Å². The Kier molecular flexibility index (Phi) is 7.00. The van der Waals surface area contributed by atoms with Gasteiger partial charge in [0.15, 0.2) is 11.9 Å². The van der Waals surface area contributed by atoms with Crippen LogP contribution in [0.5, 0.6) is 0 Å². The molecule has 0 fully saturated rings. The van der Waals surface area contributed by atoms with Gasteiger partial charge in [-0.15, -0.1) is 0 Å². The van der Waals surface area contributed by atoms with E-state index in [9.17, 15) is 14.4 Å². The molecule has 0 aliphatic rings. The Morgan fingerprint density at radius 3 is 2.37 bits per heavy atom. The number of amides is 2. The molecule has 0 radical (unpaired) electrons. The molecule has 7 heteroatoms. The smallest absolute Gasteiger partial charge is 0.338 e. The van der Waals surface area contributed by atoms with Crippen LogP contribution in [0.15, 0.2) is 77.4 Å². The average Bonchev–Trinajstić information content (AvgIpc) is 3.30. The molecular formula is C23H22N2O5. The molecule has 0 spiro atoms. The van der Waals surface area contributed by atoms with E-state index in [4.69, 9.17) is 9.15 Å². The van der Waals surface area contributed by atoms with Gasteiger partial charge < -0.3 is 19.8 Å². The molecule has 1 aromatic heterocycles. The Labute approximate surface area is 174 Å². The quantitative estimate of drug-likeness (QED) is 0.559. The van der Waals surface area contributed by atoms with E-state index in [-0.39, 0.29) is 17.2 Å². The number of esters is 1. The lowest BCUT2D eigenvalue weighted by atomic mass is 10.1. The normalized spacial score (nSPS) is 11.4. The molecule has 2 amide bonds. The van der Waals surface area contributed by atoms with Crippen LogP contribution in [0.25, 0.3) is 0 Å². The summed E-state index contributed by atoms with van der Waals surface area (Å²) in [4.78, 5) is 36.4. The summed E-state index contributed by atoms with van der Waals surface area (Å²) in [6.07, 6.45) is 1.18. The molecule has 0 saturated heterocycles. The van der Waals surface area contributed by atoms with Crippen LogP contribution < -0.4 is 10.6 Å². The van der Waals surface area contributed by atoms with Gasteiger partial charge in [-0.25, -0.2) is 4.79 Å². The Balaban J connectivity index is 1.46. The number of anilines is 1. The molecule has 3 aromatic rings. The lowest BCUT2D eigenvalue weighted by Gasteiger charge is -2.14. The van der Waals surface area contributed by atoms with E-state index < -0.39 is 18.0 Å². The third-order valence-electron chi connectivity index (χ3n) is 4.33. The number of nitrogens with one attached hydrogen (secondary N) is 2. The maximum Gasteiger partial charge on any atom is 0.338 e. The minimum Gasteiger partial charge on any atom is -0.459 e.